The van der Waals surface area contributed by atoms with Crippen LogP contribution in [0.15, 0.2) is 35.3 Å². The quantitative estimate of drug-likeness (QED) is 0.802. The second-order valence-electron chi connectivity index (χ2n) is 3.29. The standard InChI is InChI=1S/C11H12N2O2S/c14-5-6-16-8-9-7-11(15)13-4-2-1-3-10(13)12-9/h1-4,7,14H,5-6,8H2. The minimum atomic E-state index is -0.0646. The monoisotopic (exact) mass is 236 g/mol. The highest BCUT2D eigenvalue weighted by Gasteiger charge is 2.01. The fourth-order valence-corrected chi connectivity index (χ4v) is 2.05. The molecule has 2 heterocycles. The Morgan fingerprint density at radius 2 is 2.31 bits per heavy atom. The molecule has 0 unspecified atom stereocenters. The topological polar surface area (TPSA) is 54.6 Å². The van der Waals surface area contributed by atoms with Gasteiger partial charge in [0, 0.05) is 23.8 Å². The van der Waals surface area contributed by atoms with E-state index in [9.17, 15) is 4.79 Å². The molecule has 2 aromatic heterocycles. The Labute approximate surface area is 97.0 Å². The fourth-order valence-electron chi connectivity index (χ4n) is 1.42. The van der Waals surface area contributed by atoms with Crippen LogP contribution < -0.4 is 5.56 Å². The summed E-state index contributed by atoms with van der Waals surface area (Å²) in [6.07, 6.45) is 1.70. The number of pyridine rings is 1. The molecule has 0 saturated carbocycles. The number of hydrogen-bond acceptors (Lipinski definition) is 4. The largest absolute Gasteiger partial charge is 0.396 e. The third-order valence-electron chi connectivity index (χ3n) is 2.11. The van der Waals surface area contributed by atoms with Crippen molar-refractivity contribution in [1.82, 2.24) is 9.38 Å². The van der Waals surface area contributed by atoms with E-state index in [1.54, 1.807) is 24.0 Å². The number of aromatic nitrogens is 2. The highest BCUT2D eigenvalue weighted by Crippen LogP contribution is 2.08. The molecule has 0 spiro atoms. The Hall–Kier alpha value is -1.33. The third-order valence-corrected chi connectivity index (χ3v) is 3.08. The molecule has 0 amide bonds. The van der Waals surface area contributed by atoms with Gasteiger partial charge in [0.25, 0.3) is 5.56 Å². The predicted molar refractivity (Wildman–Crippen MR) is 64.7 cm³/mol. The molecular weight excluding hydrogens is 224 g/mol. The second kappa shape index (κ2) is 5.14. The zero-order chi connectivity index (χ0) is 11.4. The zero-order valence-corrected chi connectivity index (χ0v) is 9.48. The van der Waals surface area contributed by atoms with Crippen LogP contribution in [0.4, 0.5) is 0 Å². The van der Waals surface area contributed by atoms with E-state index in [2.05, 4.69) is 4.98 Å². The van der Waals surface area contributed by atoms with Crippen molar-refractivity contribution in [2.75, 3.05) is 12.4 Å². The van der Waals surface area contributed by atoms with E-state index in [1.165, 1.54) is 10.5 Å². The zero-order valence-electron chi connectivity index (χ0n) is 8.67. The van der Waals surface area contributed by atoms with Gasteiger partial charge in [0.15, 0.2) is 0 Å². The van der Waals surface area contributed by atoms with E-state index < -0.39 is 0 Å². The van der Waals surface area contributed by atoms with Crippen LogP contribution in [0.25, 0.3) is 5.65 Å². The summed E-state index contributed by atoms with van der Waals surface area (Å²) in [6, 6.07) is 7.00. The summed E-state index contributed by atoms with van der Waals surface area (Å²) in [7, 11) is 0. The molecule has 0 saturated heterocycles. The van der Waals surface area contributed by atoms with Crippen LogP contribution >= 0.6 is 11.8 Å². The van der Waals surface area contributed by atoms with Gasteiger partial charge in [-0.2, -0.15) is 11.8 Å². The van der Waals surface area contributed by atoms with E-state index >= 15 is 0 Å². The van der Waals surface area contributed by atoms with Gasteiger partial charge in [-0.3, -0.25) is 9.20 Å². The molecule has 2 aromatic rings. The maximum Gasteiger partial charge on any atom is 0.258 e. The lowest BCUT2D eigenvalue weighted by Gasteiger charge is -2.02. The number of fused-ring (bicyclic) bond motifs is 1. The van der Waals surface area contributed by atoms with Crippen molar-refractivity contribution in [3.63, 3.8) is 0 Å². The van der Waals surface area contributed by atoms with Gasteiger partial charge < -0.3 is 5.11 Å². The Kier molecular flexibility index (Phi) is 3.58. The maximum atomic E-state index is 11.7. The summed E-state index contributed by atoms with van der Waals surface area (Å²) in [5, 5.41) is 8.66. The van der Waals surface area contributed by atoms with Crippen molar-refractivity contribution in [2.24, 2.45) is 0 Å². The maximum absolute atomic E-state index is 11.7. The Balaban J connectivity index is 2.31. The van der Waals surface area contributed by atoms with E-state index in [1.807, 2.05) is 12.1 Å². The van der Waals surface area contributed by atoms with Crippen LogP contribution in [0.3, 0.4) is 0 Å². The van der Waals surface area contributed by atoms with Crippen LogP contribution in [-0.4, -0.2) is 26.9 Å². The van der Waals surface area contributed by atoms with Gasteiger partial charge in [0.2, 0.25) is 0 Å². The van der Waals surface area contributed by atoms with E-state index in [0.29, 0.717) is 17.2 Å². The Morgan fingerprint density at radius 3 is 3.12 bits per heavy atom. The first-order chi connectivity index (χ1) is 7.81. The van der Waals surface area contributed by atoms with Crippen LogP contribution in [0.2, 0.25) is 0 Å². The normalized spacial score (nSPS) is 10.8. The second-order valence-corrected chi connectivity index (χ2v) is 4.40. The van der Waals surface area contributed by atoms with Gasteiger partial charge in [-0.05, 0) is 12.1 Å². The first-order valence-electron chi connectivity index (χ1n) is 4.97. The van der Waals surface area contributed by atoms with E-state index in [-0.39, 0.29) is 12.2 Å². The summed E-state index contributed by atoms with van der Waals surface area (Å²) in [4.78, 5) is 16.1. The number of nitrogens with zero attached hydrogens (tertiary/aromatic N) is 2. The highest BCUT2D eigenvalue weighted by atomic mass is 32.2. The molecule has 1 N–H and O–H groups in total. The molecule has 0 fully saturated rings. The number of aliphatic hydroxyl groups excluding tert-OH is 1. The van der Waals surface area contributed by atoms with Crippen LogP contribution in [0, 0.1) is 0 Å². The predicted octanol–water partition coefficient (Wildman–Crippen LogP) is 0.920. The number of thioether (sulfide) groups is 1. The summed E-state index contributed by atoms with van der Waals surface area (Å²) < 4.78 is 1.51. The van der Waals surface area contributed by atoms with Crippen molar-refractivity contribution in [3.05, 3.63) is 46.5 Å². The molecule has 0 radical (unpaired) electrons. The van der Waals surface area contributed by atoms with E-state index in [0.717, 1.165) is 5.69 Å². The lowest BCUT2D eigenvalue weighted by molar-refractivity contribution is 0.322. The minimum absolute atomic E-state index is 0.0646. The summed E-state index contributed by atoms with van der Waals surface area (Å²) in [6.45, 7) is 0.150. The van der Waals surface area contributed by atoms with Crippen LogP contribution in [0.5, 0.6) is 0 Å². The molecule has 0 aliphatic rings. The molecule has 0 aliphatic heterocycles. The molecule has 5 heteroatoms. The summed E-state index contributed by atoms with van der Waals surface area (Å²) in [5.74, 6) is 1.32. The third kappa shape index (κ3) is 2.43. The molecule has 84 valence electrons. The Bertz CT molecular complexity index is 539. The molecule has 0 bridgehead atoms. The molecule has 0 aliphatic carbocycles. The average Bonchev–Trinajstić information content (AvgIpc) is 2.30. The number of aliphatic hydroxyl groups is 1. The molecule has 2 rings (SSSR count). The summed E-state index contributed by atoms with van der Waals surface area (Å²) >= 11 is 1.56. The van der Waals surface area contributed by atoms with Gasteiger partial charge >= 0.3 is 0 Å². The smallest absolute Gasteiger partial charge is 0.258 e. The van der Waals surface area contributed by atoms with Crippen molar-refractivity contribution in [3.8, 4) is 0 Å². The van der Waals surface area contributed by atoms with E-state index in [4.69, 9.17) is 5.11 Å². The van der Waals surface area contributed by atoms with Crippen LogP contribution in [-0.2, 0) is 5.75 Å². The van der Waals surface area contributed by atoms with Crippen LogP contribution in [0.1, 0.15) is 5.69 Å². The summed E-state index contributed by atoms with van der Waals surface area (Å²) in [5.41, 5.74) is 1.36. The van der Waals surface area contributed by atoms with Crippen molar-refractivity contribution in [1.29, 1.82) is 0 Å². The van der Waals surface area contributed by atoms with Gasteiger partial charge in [-0.15, -0.1) is 0 Å². The number of rotatable bonds is 4. The lowest BCUT2D eigenvalue weighted by Crippen LogP contribution is -2.14. The van der Waals surface area contributed by atoms with Gasteiger partial charge in [0.1, 0.15) is 5.65 Å². The van der Waals surface area contributed by atoms with Crippen molar-refractivity contribution in [2.45, 2.75) is 5.75 Å². The SMILES string of the molecule is O=c1cc(CSCCO)nc2ccccn12. The van der Waals surface area contributed by atoms with Gasteiger partial charge in [-0.25, -0.2) is 4.98 Å². The Morgan fingerprint density at radius 1 is 1.44 bits per heavy atom. The molecule has 0 atom stereocenters. The van der Waals surface area contributed by atoms with Crippen molar-refractivity contribution >= 4 is 17.4 Å². The minimum Gasteiger partial charge on any atom is -0.396 e. The average molecular weight is 236 g/mol. The fraction of sp³-hybridized carbons (Fsp3) is 0.273. The van der Waals surface area contributed by atoms with Gasteiger partial charge in [0.05, 0.1) is 12.3 Å². The first kappa shape index (κ1) is 11.2. The molecule has 16 heavy (non-hydrogen) atoms. The highest BCUT2D eigenvalue weighted by molar-refractivity contribution is 7.98. The van der Waals surface area contributed by atoms with Crippen molar-refractivity contribution < 1.29 is 5.11 Å². The number of hydrogen-bond donors (Lipinski definition) is 1. The molecule has 4 nitrogen and oxygen atoms in total. The lowest BCUT2D eigenvalue weighted by atomic mass is 10.4. The molecular formula is C11H12N2O2S. The van der Waals surface area contributed by atoms with Gasteiger partial charge in [-0.1, -0.05) is 6.07 Å². The first-order valence-corrected chi connectivity index (χ1v) is 6.12. The molecule has 0 aromatic carbocycles.